The van der Waals surface area contributed by atoms with Gasteiger partial charge >= 0.3 is 5.97 Å². The third kappa shape index (κ3) is 3.15. The van der Waals surface area contributed by atoms with Gasteiger partial charge in [0.1, 0.15) is 6.54 Å². The van der Waals surface area contributed by atoms with E-state index >= 15 is 0 Å². The zero-order valence-corrected chi connectivity index (χ0v) is 13.9. The number of esters is 1. The Labute approximate surface area is 151 Å². The minimum Gasteiger partial charge on any atom is -0.769 e. The fraction of sp³-hybridized carbons (Fsp3) is 0.188. The quantitative estimate of drug-likeness (QED) is 0.444. The summed E-state index contributed by atoms with van der Waals surface area (Å²) >= 11 is 0. The molecule has 11 nitrogen and oxygen atoms in total. The summed E-state index contributed by atoms with van der Waals surface area (Å²) in [4.78, 5) is 37.8. The van der Waals surface area contributed by atoms with Gasteiger partial charge in [0.15, 0.2) is 0 Å². The Hall–Kier alpha value is -3.25. The molecule has 0 saturated heterocycles. The first kappa shape index (κ1) is 18.5. The van der Waals surface area contributed by atoms with Gasteiger partial charge in [-0.05, 0) is 36.6 Å². The van der Waals surface area contributed by atoms with Crippen LogP contribution in [-0.4, -0.2) is 46.2 Å². The number of ether oxygens (including phenoxy) is 1. The van der Waals surface area contributed by atoms with Gasteiger partial charge in [0.05, 0.1) is 23.4 Å². The lowest BCUT2D eigenvalue weighted by Gasteiger charge is -2.38. The predicted molar refractivity (Wildman–Crippen MR) is 91.2 cm³/mol. The highest BCUT2D eigenvalue weighted by atomic mass is 16.8. The molecular weight excluding hydrogens is 362 g/mol. The molecule has 11 heteroatoms. The van der Waals surface area contributed by atoms with Crippen LogP contribution in [0.2, 0.25) is 0 Å². The van der Waals surface area contributed by atoms with Gasteiger partial charge in [-0.25, -0.2) is 0 Å². The predicted octanol–water partition coefficient (Wildman–Crippen LogP) is 1.39. The number of hydrogen-bond acceptors (Lipinski definition) is 10. The van der Waals surface area contributed by atoms with Crippen molar-refractivity contribution in [3.05, 3.63) is 45.8 Å². The van der Waals surface area contributed by atoms with Crippen molar-refractivity contribution in [2.75, 3.05) is 23.6 Å². The van der Waals surface area contributed by atoms with Crippen molar-refractivity contribution in [2.45, 2.75) is 6.92 Å². The van der Waals surface area contributed by atoms with Crippen LogP contribution in [0.3, 0.4) is 0 Å². The molecule has 2 N–H and O–H groups in total. The van der Waals surface area contributed by atoms with Crippen molar-refractivity contribution >= 4 is 39.9 Å². The molecule has 0 fully saturated rings. The van der Waals surface area contributed by atoms with Crippen molar-refractivity contribution in [1.29, 1.82) is 0 Å². The molecule has 0 atom stereocenters. The summed E-state index contributed by atoms with van der Waals surface area (Å²) in [5.74, 6) is -2.57. The summed E-state index contributed by atoms with van der Waals surface area (Å²) in [6.45, 7) is 0.919. The average Bonchev–Trinajstić information content (AvgIpc) is 2.62. The number of amides is 2. The lowest BCUT2D eigenvalue weighted by Crippen LogP contribution is -2.44. The first-order chi connectivity index (χ1) is 12.7. The molecule has 0 radical (unpaired) electrons. The Kier molecular flexibility index (Phi) is 4.68. The van der Waals surface area contributed by atoms with E-state index in [0.29, 0.717) is 4.90 Å². The van der Waals surface area contributed by atoms with Crippen molar-refractivity contribution in [3.63, 3.8) is 0 Å². The van der Waals surface area contributed by atoms with Crippen LogP contribution in [0.25, 0.3) is 10.8 Å². The van der Waals surface area contributed by atoms with Crippen LogP contribution in [0.4, 0.5) is 11.4 Å². The highest BCUT2D eigenvalue weighted by Crippen LogP contribution is 2.36. The molecule has 0 aliphatic carbocycles. The molecule has 0 bridgehead atoms. The SMILES string of the molecule is CCOC(=O)CN1C(=O)c2cc(N([O-])[O-])cc3cc(N(O)O)cc(c23)C1=O. The van der Waals surface area contributed by atoms with Crippen LogP contribution in [-0.2, 0) is 9.53 Å². The van der Waals surface area contributed by atoms with E-state index < -0.39 is 35.2 Å². The number of carbonyl (C=O) groups excluding carboxylic acids is 3. The van der Waals surface area contributed by atoms with E-state index in [-0.39, 0.29) is 39.4 Å². The molecule has 0 saturated carbocycles. The van der Waals surface area contributed by atoms with Gasteiger partial charge in [-0.3, -0.25) is 29.7 Å². The number of rotatable bonds is 5. The van der Waals surface area contributed by atoms with Gasteiger partial charge in [0, 0.05) is 11.1 Å². The number of anilines is 2. The zero-order chi connectivity index (χ0) is 19.9. The van der Waals surface area contributed by atoms with E-state index in [1.165, 1.54) is 6.07 Å². The molecule has 27 heavy (non-hydrogen) atoms. The van der Waals surface area contributed by atoms with Gasteiger partial charge < -0.3 is 20.4 Å². The average molecular weight is 375 g/mol. The Bertz CT molecular complexity index is 894. The topological polar surface area (TPSA) is 157 Å². The van der Waals surface area contributed by atoms with Crippen LogP contribution >= 0.6 is 0 Å². The van der Waals surface area contributed by atoms with Gasteiger partial charge in [0.25, 0.3) is 11.8 Å². The monoisotopic (exact) mass is 375 g/mol. The molecule has 0 spiro atoms. The van der Waals surface area contributed by atoms with Crippen LogP contribution in [0.1, 0.15) is 27.6 Å². The summed E-state index contributed by atoms with van der Waals surface area (Å²) in [6, 6.07) is 4.40. The lowest BCUT2D eigenvalue weighted by atomic mass is 9.92. The minimum absolute atomic E-state index is 0.0425. The second-order valence-electron chi connectivity index (χ2n) is 5.63. The Balaban J connectivity index is 2.24. The van der Waals surface area contributed by atoms with E-state index in [2.05, 4.69) is 0 Å². The summed E-state index contributed by atoms with van der Waals surface area (Å²) in [7, 11) is 0. The van der Waals surface area contributed by atoms with Crippen LogP contribution in [0, 0.1) is 10.4 Å². The van der Waals surface area contributed by atoms with Gasteiger partial charge in [0.2, 0.25) is 0 Å². The summed E-state index contributed by atoms with van der Waals surface area (Å²) in [5.41, 5.74) is -0.930. The van der Waals surface area contributed by atoms with Crippen LogP contribution in [0.5, 0.6) is 0 Å². The smallest absolute Gasteiger partial charge is 0.326 e. The van der Waals surface area contributed by atoms with Crippen LogP contribution < -0.4 is 10.5 Å². The second kappa shape index (κ2) is 6.81. The van der Waals surface area contributed by atoms with Crippen molar-refractivity contribution in [3.8, 4) is 0 Å². The number of benzene rings is 2. The standard InChI is InChI=1S/C16H13N3O8/c1-2-27-13(20)7-17-15(21)11-5-9(18(23)24)3-8-4-10(19(25)26)6-12(14(8)11)16(17)22/h3-6,23-24H,2,7H2,1H3/q-2. The largest absolute Gasteiger partial charge is 0.769 e. The fourth-order valence-electron chi connectivity index (χ4n) is 2.90. The van der Waals surface area contributed by atoms with Crippen molar-refractivity contribution in [1.82, 2.24) is 4.90 Å². The van der Waals surface area contributed by atoms with Gasteiger partial charge in [-0.1, -0.05) is 0 Å². The molecule has 3 rings (SSSR count). The summed E-state index contributed by atoms with van der Waals surface area (Å²) in [6.07, 6.45) is 0. The Morgan fingerprint density at radius 3 is 2.15 bits per heavy atom. The molecule has 1 aliphatic heterocycles. The van der Waals surface area contributed by atoms with E-state index in [1.807, 2.05) is 0 Å². The number of hydrogen-bond donors (Lipinski definition) is 2. The number of carbonyl (C=O) groups is 3. The molecule has 1 heterocycles. The van der Waals surface area contributed by atoms with E-state index in [9.17, 15) is 35.2 Å². The van der Waals surface area contributed by atoms with E-state index in [0.717, 1.165) is 18.2 Å². The number of imide groups is 1. The third-order valence-electron chi connectivity index (χ3n) is 4.00. The highest BCUT2D eigenvalue weighted by molar-refractivity contribution is 6.27. The fourth-order valence-corrected chi connectivity index (χ4v) is 2.90. The normalized spacial score (nSPS) is 13.1. The third-order valence-corrected chi connectivity index (χ3v) is 4.00. The molecule has 2 aromatic rings. The minimum atomic E-state index is -0.883. The molecule has 1 aliphatic rings. The molecule has 2 amide bonds. The van der Waals surface area contributed by atoms with E-state index in [1.54, 1.807) is 6.92 Å². The summed E-state index contributed by atoms with van der Waals surface area (Å²) < 4.78 is 4.74. The second-order valence-corrected chi connectivity index (χ2v) is 5.63. The molecule has 142 valence electrons. The maximum atomic E-state index is 12.7. The zero-order valence-electron chi connectivity index (χ0n) is 13.9. The first-order valence-corrected chi connectivity index (χ1v) is 7.70. The molecule has 0 aromatic heterocycles. The maximum absolute atomic E-state index is 12.7. The number of nitrogens with zero attached hydrogens (tertiary/aromatic N) is 3. The molecule has 0 unspecified atom stereocenters. The Morgan fingerprint density at radius 2 is 1.63 bits per heavy atom. The van der Waals surface area contributed by atoms with Crippen LogP contribution in [0.15, 0.2) is 24.3 Å². The first-order valence-electron chi connectivity index (χ1n) is 7.70. The van der Waals surface area contributed by atoms with Gasteiger partial charge in [-0.2, -0.15) is 0 Å². The Morgan fingerprint density at radius 1 is 1.07 bits per heavy atom. The van der Waals surface area contributed by atoms with Gasteiger partial charge in [-0.15, -0.1) is 5.23 Å². The van der Waals surface area contributed by atoms with Crippen molar-refractivity contribution in [2.24, 2.45) is 0 Å². The maximum Gasteiger partial charge on any atom is 0.326 e. The van der Waals surface area contributed by atoms with Crippen molar-refractivity contribution < 1.29 is 29.5 Å². The lowest BCUT2D eigenvalue weighted by molar-refractivity contribution is -0.143. The molecule has 2 aromatic carbocycles. The van der Waals surface area contributed by atoms with E-state index in [4.69, 9.17) is 4.74 Å². The molecular formula is C16H13N3O8-2. The summed E-state index contributed by atoms with van der Waals surface area (Å²) in [5, 5.41) is 40.2. The highest BCUT2D eigenvalue weighted by Gasteiger charge is 2.35.